The molecule has 0 aliphatic heterocycles. The molecule has 0 radical (unpaired) electrons. The van der Waals surface area contributed by atoms with E-state index in [-0.39, 0.29) is 27.2 Å². The molecule has 10 heteroatoms. The van der Waals surface area contributed by atoms with Gasteiger partial charge in [0.25, 0.3) is 5.69 Å². The Balaban J connectivity index is 2.23. The highest BCUT2D eigenvalue weighted by molar-refractivity contribution is 7.89. The Labute approximate surface area is 161 Å². The summed E-state index contributed by atoms with van der Waals surface area (Å²) in [5.41, 5.74) is 0.00945. The molecule has 0 aliphatic carbocycles. The quantitative estimate of drug-likeness (QED) is 0.535. The topological polar surface area (TPSA) is 118 Å². The maximum atomic E-state index is 12.6. The highest BCUT2D eigenvalue weighted by Crippen LogP contribution is 2.19. The Morgan fingerprint density at radius 1 is 1.15 bits per heavy atom. The zero-order valence-electron chi connectivity index (χ0n) is 14.5. The van der Waals surface area contributed by atoms with E-state index >= 15 is 0 Å². The third kappa shape index (κ3) is 5.49. The number of sulfonamides is 1. The standard InChI is InChI=1S/C17H18ClN3O5S/c1-11(2)16(20-27(25,26)15-8-3-5-12(18)9-15)17(22)19-13-6-4-7-14(10-13)21(23)24/h3-11,16,20H,1-2H3,(H,19,22)/t16-/m0/s1. The Morgan fingerprint density at radius 2 is 1.81 bits per heavy atom. The Hall–Kier alpha value is -2.49. The van der Waals surface area contributed by atoms with Gasteiger partial charge in [0.05, 0.1) is 9.82 Å². The van der Waals surface area contributed by atoms with E-state index in [0.29, 0.717) is 0 Å². The van der Waals surface area contributed by atoms with Crippen LogP contribution in [0, 0.1) is 16.0 Å². The summed E-state index contributed by atoms with van der Waals surface area (Å²) in [4.78, 5) is 22.8. The largest absolute Gasteiger partial charge is 0.324 e. The van der Waals surface area contributed by atoms with Gasteiger partial charge in [0.2, 0.25) is 15.9 Å². The SMILES string of the molecule is CC(C)[C@H](NS(=O)(=O)c1cccc(Cl)c1)C(=O)Nc1cccc([N+](=O)[O-])c1. The second kappa shape index (κ2) is 8.47. The number of carbonyl (C=O) groups is 1. The second-order valence-corrected chi connectivity index (χ2v) is 8.25. The molecule has 0 heterocycles. The highest BCUT2D eigenvalue weighted by Gasteiger charge is 2.28. The molecule has 2 N–H and O–H groups in total. The molecular formula is C17H18ClN3O5S. The molecular weight excluding hydrogens is 394 g/mol. The Morgan fingerprint density at radius 3 is 2.41 bits per heavy atom. The van der Waals surface area contributed by atoms with Crippen LogP contribution in [-0.4, -0.2) is 25.3 Å². The van der Waals surface area contributed by atoms with Gasteiger partial charge in [-0.25, -0.2) is 8.42 Å². The first-order chi connectivity index (χ1) is 12.6. The number of non-ortho nitro benzene ring substituents is 1. The fourth-order valence-electron chi connectivity index (χ4n) is 2.28. The first-order valence-electron chi connectivity index (χ1n) is 7.93. The van der Waals surface area contributed by atoms with Crippen LogP contribution in [0.4, 0.5) is 11.4 Å². The number of hydrogen-bond donors (Lipinski definition) is 2. The van der Waals surface area contributed by atoms with Crippen molar-refractivity contribution in [2.75, 3.05) is 5.32 Å². The molecule has 2 aromatic rings. The number of nitrogens with zero attached hydrogens (tertiary/aromatic N) is 1. The summed E-state index contributed by atoms with van der Waals surface area (Å²) in [5.74, 6) is -1.01. The summed E-state index contributed by atoms with van der Waals surface area (Å²) in [7, 11) is -3.99. The van der Waals surface area contributed by atoms with Gasteiger partial charge in [-0.05, 0) is 30.2 Å². The average molecular weight is 412 g/mol. The molecule has 1 amide bonds. The minimum atomic E-state index is -3.99. The number of rotatable bonds is 7. The van der Waals surface area contributed by atoms with Crippen LogP contribution in [0.25, 0.3) is 0 Å². The predicted molar refractivity (Wildman–Crippen MR) is 102 cm³/mol. The van der Waals surface area contributed by atoms with Crippen LogP contribution in [0.5, 0.6) is 0 Å². The van der Waals surface area contributed by atoms with E-state index in [1.807, 2.05) is 0 Å². The second-order valence-electron chi connectivity index (χ2n) is 6.10. The van der Waals surface area contributed by atoms with Crippen LogP contribution < -0.4 is 10.0 Å². The molecule has 27 heavy (non-hydrogen) atoms. The van der Waals surface area contributed by atoms with Gasteiger partial charge in [-0.2, -0.15) is 4.72 Å². The van der Waals surface area contributed by atoms with Gasteiger partial charge in [0.15, 0.2) is 0 Å². The zero-order valence-corrected chi connectivity index (χ0v) is 16.1. The third-order valence-electron chi connectivity index (χ3n) is 3.66. The van der Waals surface area contributed by atoms with Crippen molar-refractivity contribution in [3.63, 3.8) is 0 Å². The molecule has 8 nitrogen and oxygen atoms in total. The minimum Gasteiger partial charge on any atom is -0.324 e. The van der Waals surface area contributed by atoms with Gasteiger partial charge in [-0.3, -0.25) is 14.9 Å². The molecule has 0 bridgehead atoms. The van der Waals surface area contributed by atoms with Crippen molar-refractivity contribution in [2.24, 2.45) is 5.92 Å². The summed E-state index contributed by atoms with van der Waals surface area (Å²) in [5, 5.41) is 13.6. The van der Waals surface area contributed by atoms with Crippen molar-refractivity contribution in [1.29, 1.82) is 0 Å². The zero-order chi connectivity index (χ0) is 20.2. The van der Waals surface area contributed by atoms with Gasteiger partial charge in [-0.15, -0.1) is 0 Å². The molecule has 0 aromatic heterocycles. The maximum Gasteiger partial charge on any atom is 0.271 e. The summed E-state index contributed by atoms with van der Waals surface area (Å²) >= 11 is 5.83. The minimum absolute atomic E-state index is 0.0659. The van der Waals surface area contributed by atoms with E-state index in [1.54, 1.807) is 13.8 Å². The normalized spacial score (nSPS) is 12.6. The molecule has 0 saturated heterocycles. The van der Waals surface area contributed by atoms with Gasteiger partial charge >= 0.3 is 0 Å². The van der Waals surface area contributed by atoms with Gasteiger partial charge in [-0.1, -0.05) is 37.6 Å². The molecule has 2 aromatic carbocycles. The van der Waals surface area contributed by atoms with Crippen LogP contribution in [-0.2, 0) is 14.8 Å². The lowest BCUT2D eigenvalue weighted by Gasteiger charge is -2.21. The van der Waals surface area contributed by atoms with Crippen LogP contribution in [0.1, 0.15) is 13.8 Å². The lowest BCUT2D eigenvalue weighted by atomic mass is 10.0. The number of anilines is 1. The predicted octanol–water partition coefficient (Wildman–Crippen LogP) is 3.19. The maximum absolute atomic E-state index is 12.6. The van der Waals surface area contributed by atoms with Crippen LogP contribution in [0.15, 0.2) is 53.4 Å². The van der Waals surface area contributed by atoms with Crippen molar-refractivity contribution in [3.05, 3.63) is 63.7 Å². The van der Waals surface area contributed by atoms with E-state index in [1.165, 1.54) is 48.5 Å². The number of carbonyl (C=O) groups excluding carboxylic acids is 1. The molecule has 0 fully saturated rings. The van der Waals surface area contributed by atoms with Crippen LogP contribution >= 0.6 is 11.6 Å². The number of halogens is 1. The molecule has 2 rings (SSSR count). The number of amides is 1. The van der Waals surface area contributed by atoms with E-state index in [9.17, 15) is 23.3 Å². The molecule has 0 aliphatic rings. The van der Waals surface area contributed by atoms with Gasteiger partial charge in [0.1, 0.15) is 6.04 Å². The number of nitro groups is 1. The number of nitro benzene ring substituents is 1. The van der Waals surface area contributed by atoms with E-state index < -0.39 is 26.9 Å². The first kappa shape index (κ1) is 20.8. The summed E-state index contributed by atoms with van der Waals surface area (Å²) in [6.07, 6.45) is 0. The lowest BCUT2D eigenvalue weighted by molar-refractivity contribution is -0.384. The van der Waals surface area contributed by atoms with Crippen molar-refractivity contribution in [3.8, 4) is 0 Å². The average Bonchev–Trinajstić information content (AvgIpc) is 2.59. The van der Waals surface area contributed by atoms with Crippen molar-refractivity contribution in [1.82, 2.24) is 4.72 Å². The molecule has 144 valence electrons. The van der Waals surface area contributed by atoms with E-state index in [0.717, 1.165) is 0 Å². The lowest BCUT2D eigenvalue weighted by Crippen LogP contribution is -2.47. The van der Waals surface area contributed by atoms with Crippen molar-refractivity contribution < 1.29 is 18.1 Å². The van der Waals surface area contributed by atoms with Crippen molar-refractivity contribution in [2.45, 2.75) is 24.8 Å². The van der Waals surface area contributed by atoms with Crippen LogP contribution in [0.2, 0.25) is 5.02 Å². The van der Waals surface area contributed by atoms with E-state index in [2.05, 4.69) is 10.0 Å². The summed E-state index contributed by atoms with van der Waals surface area (Å²) in [6, 6.07) is 9.97. The Kier molecular flexibility index (Phi) is 6.53. The van der Waals surface area contributed by atoms with Gasteiger partial charge in [0, 0.05) is 22.8 Å². The summed E-state index contributed by atoms with van der Waals surface area (Å²) in [6.45, 7) is 3.36. The van der Waals surface area contributed by atoms with Crippen molar-refractivity contribution >= 4 is 38.9 Å². The Bertz CT molecular complexity index is 963. The molecule has 0 unspecified atom stereocenters. The first-order valence-corrected chi connectivity index (χ1v) is 9.79. The fraction of sp³-hybridized carbons (Fsp3) is 0.235. The molecule has 1 atom stereocenters. The van der Waals surface area contributed by atoms with Gasteiger partial charge < -0.3 is 5.32 Å². The van der Waals surface area contributed by atoms with Crippen LogP contribution in [0.3, 0.4) is 0 Å². The van der Waals surface area contributed by atoms with E-state index in [4.69, 9.17) is 11.6 Å². The number of nitrogens with one attached hydrogen (secondary N) is 2. The number of hydrogen-bond acceptors (Lipinski definition) is 5. The monoisotopic (exact) mass is 411 g/mol. The fourth-order valence-corrected chi connectivity index (χ4v) is 3.92. The summed E-state index contributed by atoms with van der Waals surface area (Å²) < 4.78 is 27.5. The number of benzene rings is 2. The molecule has 0 spiro atoms. The smallest absolute Gasteiger partial charge is 0.271 e. The highest BCUT2D eigenvalue weighted by atomic mass is 35.5. The molecule has 0 saturated carbocycles. The third-order valence-corrected chi connectivity index (χ3v) is 5.34.